The average molecular weight is 374 g/mol. The number of rotatable bonds is 6. The lowest BCUT2D eigenvalue weighted by molar-refractivity contribution is -0.120. The SMILES string of the molecule is Cn1nc(C(=O)Nc2ccc(CC(=O)NC3CC3)cc2)cc1-c1ccccc1. The van der Waals surface area contributed by atoms with Crippen molar-refractivity contribution in [1.29, 1.82) is 0 Å². The van der Waals surface area contributed by atoms with Crippen molar-refractivity contribution in [2.45, 2.75) is 25.3 Å². The van der Waals surface area contributed by atoms with E-state index in [9.17, 15) is 9.59 Å². The molecule has 0 spiro atoms. The predicted octanol–water partition coefficient (Wildman–Crippen LogP) is 3.16. The Hall–Kier alpha value is -3.41. The maximum atomic E-state index is 12.6. The van der Waals surface area contributed by atoms with Crippen LogP contribution in [0.5, 0.6) is 0 Å². The van der Waals surface area contributed by atoms with Crippen LogP contribution in [0.15, 0.2) is 60.7 Å². The fourth-order valence-electron chi connectivity index (χ4n) is 3.05. The lowest BCUT2D eigenvalue weighted by Gasteiger charge is -2.06. The molecule has 0 bridgehead atoms. The van der Waals surface area contributed by atoms with Crippen molar-refractivity contribution in [2.75, 3.05) is 5.32 Å². The van der Waals surface area contributed by atoms with Gasteiger partial charge < -0.3 is 10.6 Å². The van der Waals surface area contributed by atoms with Gasteiger partial charge in [-0.25, -0.2) is 0 Å². The minimum absolute atomic E-state index is 0.0428. The van der Waals surface area contributed by atoms with Gasteiger partial charge >= 0.3 is 0 Å². The molecule has 28 heavy (non-hydrogen) atoms. The molecule has 0 radical (unpaired) electrons. The molecular formula is C22H22N4O2. The highest BCUT2D eigenvalue weighted by atomic mass is 16.2. The zero-order valence-electron chi connectivity index (χ0n) is 15.7. The quantitative estimate of drug-likeness (QED) is 0.696. The van der Waals surface area contributed by atoms with E-state index in [1.165, 1.54) is 0 Å². The maximum absolute atomic E-state index is 12.6. The molecule has 2 aromatic carbocycles. The second kappa shape index (κ2) is 7.68. The summed E-state index contributed by atoms with van der Waals surface area (Å²) in [5, 5.41) is 10.2. The van der Waals surface area contributed by atoms with Gasteiger partial charge in [0.15, 0.2) is 5.69 Å². The smallest absolute Gasteiger partial charge is 0.276 e. The van der Waals surface area contributed by atoms with Gasteiger partial charge in [-0.15, -0.1) is 0 Å². The number of aromatic nitrogens is 2. The molecule has 1 aromatic heterocycles. The Kier molecular flexibility index (Phi) is 4.93. The number of amides is 2. The van der Waals surface area contributed by atoms with E-state index in [2.05, 4.69) is 15.7 Å². The molecule has 6 nitrogen and oxygen atoms in total. The summed E-state index contributed by atoms with van der Waals surface area (Å²) in [6.45, 7) is 0. The van der Waals surface area contributed by atoms with Crippen LogP contribution in [0, 0.1) is 0 Å². The van der Waals surface area contributed by atoms with E-state index in [0.29, 0.717) is 23.8 Å². The lowest BCUT2D eigenvalue weighted by Crippen LogP contribution is -2.26. The number of nitrogens with zero attached hydrogens (tertiary/aromatic N) is 2. The summed E-state index contributed by atoms with van der Waals surface area (Å²) in [5.41, 5.74) is 3.83. The van der Waals surface area contributed by atoms with Crippen LogP contribution in [0.1, 0.15) is 28.9 Å². The molecule has 2 amide bonds. The second-order valence-corrected chi connectivity index (χ2v) is 7.07. The monoisotopic (exact) mass is 374 g/mol. The normalized spacial score (nSPS) is 13.2. The van der Waals surface area contributed by atoms with Crippen LogP contribution in [0.4, 0.5) is 5.69 Å². The molecule has 1 aliphatic carbocycles. The van der Waals surface area contributed by atoms with E-state index in [1.807, 2.05) is 49.5 Å². The Bertz CT molecular complexity index is 989. The Labute approximate surface area is 163 Å². The maximum Gasteiger partial charge on any atom is 0.276 e. The molecule has 1 saturated carbocycles. The fraction of sp³-hybridized carbons (Fsp3) is 0.227. The van der Waals surface area contributed by atoms with Crippen molar-refractivity contribution in [1.82, 2.24) is 15.1 Å². The van der Waals surface area contributed by atoms with Crippen LogP contribution in [-0.2, 0) is 18.3 Å². The Morgan fingerprint density at radius 3 is 2.46 bits per heavy atom. The van der Waals surface area contributed by atoms with Gasteiger partial charge in [-0.3, -0.25) is 14.3 Å². The second-order valence-electron chi connectivity index (χ2n) is 7.07. The van der Waals surface area contributed by atoms with Crippen molar-refractivity contribution in [3.63, 3.8) is 0 Å². The van der Waals surface area contributed by atoms with Gasteiger partial charge in [0.1, 0.15) is 0 Å². The first kappa shape index (κ1) is 18.0. The van der Waals surface area contributed by atoms with Gasteiger partial charge in [-0.2, -0.15) is 5.10 Å². The third-order valence-corrected chi connectivity index (χ3v) is 4.70. The highest BCUT2D eigenvalue weighted by Gasteiger charge is 2.23. The van der Waals surface area contributed by atoms with Crippen LogP contribution in [0.3, 0.4) is 0 Å². The number of aryl methyl sites for hydroxylation is 1. The number of anilines is 1. The van der Waals surface area contributed by atoms with Gasteiger partial charge in [-0.05, 0) is 42.2 Å². The Morgan fingerprint density at radius 1 is 1.07 bits per heavy atom. The minimum Gasteiger partial charge on any atom is -0.353 e. The number of carbonyl (C=O) groups is 2. The fourth-order valence-corrected chi connectivity index (χ4v) is 3.05. The van der Waals surface area contributed by atoms with Gasteiger partial charge in [0, 0.05) is 18.8 Å². The largest absolute Gasteiger partial charge is 0.353 e. The molecule has 142 valence electrons. The van der Waals surface area contributed by atoms with E-state index in [1.54, 1.807) is 22.9 Å². The first-order chi connectivity index (χ1) is 13.6. The number of benzene rings is 2. The number of nitrogens with one attached hydrogen (secondary N) is 2. The number of carbonyl (C=O) groups excluding carboxylic acids is 2. The van der Waals surface area contributed by atoms with Gasteiger partial charge in [0.25, 0.3) is 5.91 Å². The van der Waals surface area contributed by atoms with Crippen molar-refractivity contribution < 1.29 is 9.59 Å². The molecule has 1 fully saturated rings. The van der Waals surface area contributed by atoms with E-state index < -0.39 is 0 Å². The molecule has 3 aromatic rings. The van der Waals surface area contributed by atoms with Crippen molar-refractivity contribution in [3.05, 3.63) is 71.9 Å². The zero-order valence-corrected chi connectivity index (χ0v) is 15.7. The average Bonchev–Trinajstić information content (AvgIpc) is 3.42. The number of hydrogen-bond acceptors (Lipinski definition) is 3. The minimum atomic E-state index is -0.267. The van der Waals surface area contributed by atoms with Gasteiger partial charge in [-0.1, -0.05) is 42.5 Å². The molecule has 0 atom stereocenters. The number of hydrogen-bond donors (Lipinski definition) is 2. The van der Waals surface area contributed by atoms with Crippen molar-refractivity contribution in [3.8, 4) is 11.3 Å². The molecule has 1 heterocycles. The molecule has 2 N–H and O–H groups in total. The summed E-state index contributed by atoms with van der Waals surface area (Å²) >= 11 is 0. The molecule has 0 aliphatic heterocycles. The van der Waals surface area contributed by atoms with Crippen molar-refractivity contribution >= 4 is 17.5 Å². The van der Waals surface area contributed by atoms with E-state index in [-0.39, 0.29) is 11.8 Å². The summed E-state index contributed by atoms with van der Waals surface area (Å²) in [7, 11) is 1.82. The highest BCUT2D eigenvalue weighted by molar-refractivity contribution is 6.03. The topological polar surface area (TPSA) is 76.0 Å². The third-order valence-electron chi connectivity index (χ3n) is 4.70. The molecule has 6 heteroatoms. The molecule has 1 aliphatic rings. The van der Waals surface area contributed by atoms with Crippen LogP contribution >= 0.6 is 0 Å². The third kappa shape index (κ3) is 4.28. The van der Waals surface area contributed by atoms with Crippen LogP contribution in [-0.4, -0.2) is 27.6 Å². The zero-order chi connectivity index (χ0) is 19.5. The Balaban J connectivity index is 1.40. The van der Waals surface area contributed by atoms with E-state index in [0.717, 1.165) is 29.7 Å². The van der Waals surface area contributed by atoms with E-state index >= 15 is 0 Å². The lowest BCUT2D eigenvalue weighted by atomic mass is 10.1. The van der Waals surface area contributed by atoms with E-state index in [4.69, 9.17) is 0 Å². The summed E-state index contributed by atoms with van der Waals surface area (Å²) in [4.78, 5) is 24.4. The molecule has 0 unspecified atom stereocenters. The summed E-state index contributed by atoms with van der Waals surface area (Å²) in [5.74, 6) is -0.224. The first-order valence-electron chi connectivity index (χ1n) is 9.37. The standard InChI is InChI=1S/C22H22N4O2/c1-26-20(16-5-3-2-4-6-16)14-19(25-26)22(28)24-18-9-7-15(8-10-18)13-21(27)23-17-11-12-17/h2-10,14,17H,11-13H2,1H3,(H,23,27)(H,24,28). The predicted molar refractivity (Wildman–Crippen MR) is 108 cm³/mol. The molecule has 0 saturated heterocycles. The van der Waals surface area contributed by atoms with Crippen molar-refractivity contribution in [2.24, 2.45) is 7.05 Å². The summed E-state index contributed by atoms with van der Waals surface area (Å²) in [6, 6.07) is 19.3. The van der Waals surface area contributed by atoms with Crippen LogP contribution in [0.25, 0.3) is 11.3 Å². The van der Waals surface area contributed by atoms with Crippen LogP contribution < -0.4 is 10.6 Å². The highest BCUT2D eigenvalue weighted by Crippen LogP contribution is 2.21. The summed E-state index contributed by atoms with van der Waals surface area (Å²) < 4.78 is 1.70. The van der Waals surface area contributed by atoms with Gasteiger partial charge in [0.05, 0.1) is 12.1 Å². The Morgan fingerprint density at radius 2 is 1.79 bits per heavy atom. The summed E-state index contributed by atoms with van der Waals surface area (Å²) in [6.07, 6.45) is 2.51. The van der Waals surface area contributed by atoms with Gasteiger partial charge in [0.2, 0.25) is 5.91 Å². The molecule has 4 rings (SSSR count). The van der Waals surface area contributed by atoms with Crippen LogP contribution in [0.2, 0.25) is 0 Å². The first-order valence-corrected chi connectivity index (χ1v) is 9.37. The molecular weight excluding hydrogens is 352 g/mol.